The number of amides is 1. The molecule has 1 heterocycles. The molecular weight excluding hydrogens is 312 g/mol. The highest BCUT2D eigenvalue weighted by Gasteiger charge is 2.19. The van der Waals surface area contributed by atoms with E-state index in [1.807, 2.05) is 32.3 Å². The molecule has 0 aliphatic carbocycles. The zero-order valence-corrected chi connectivity index (χ0v) is 14.9. The predicted molar refractivity (Wildman–Crippen MR) is 96.8 cm³/mol. The third-order valence-electron chi connectivity index (χ3n) is 4.30. The summed E-state index contributed by atoms with van der Waals surface area (Å²) in [5.41, 5.74) is 7.11. The van der Waals surface area contributed by atoms with Crippen molar-refractivity contribution >= 4 is 18.3 Å². The molecule has 0 aromatic heterocycles. The number of rotatable bonds is 6. The predicted octanol–water partition coefficient (Wildman–Crippen LogP) is 1.25. The number of hydrogen-bond donors (Lipinski definition) is 2. The Labute approximate surface area is 145 Å². The standard InChI is InChI=1S/C17H28N4O.ClH/c1-20(2)16(14-6-4-3-5-7-14)12-19-17(22)13-21-10-8-15(18)9-11-21;/h3-7,15-16H,8-13,18H2,1-2H3,(H,19,22);1H. The van der Waals surface area contributed by atoms with Crippen molar-refractivity contribution in [3.63, 3.8) is 0 Å². The van der Waals surface area contributed by atoms with Crippen LogP contribution >= 0.6 is 12.4 Å². The molecule has 5 nitrogen and oxygen atoms in total. The van der Waals surface area contributed by atoms with Crippen molar-refractivity contribution < 1.29 is 4.79 Å². The molecule has 130 valence electrons. The molecule has 3 N–H and O–H groups in total. The summed E-state index contributed by atoms with van der Waals surface area (Å²) in [6, 6.07) is 10.8. The second kappa shape index (κ2) is 9.88. The highest BCUT2D eigenvalue weighted by Crippen LogP contribution is 2.16. The van der Waals surface area contributed by atoms with Gasteiger partial charge in [0.2, 0.25) is 5.91 Å². The van der Waals surface area contributed by atoms with Gasteiger partial charge in [0.25, 0.3) is 0 Å². The monoisotopic (exact) mass is 340 g/mol. The van der Waals surface area contributed by atoms with Gasteiger partial charge in [0.15, 0.2) is 0 Å². The van der Waals surface area contributed by atoms with E-state index in [1.165, 1.54) is 5.56 Å². The van der Waals surface area contributed by atoms with E-state index in [9.17, 15) is 4.79 Å². The zero-order valence-electron chi connectivity index (χ0n) is 14.1. The second-order valence-corrected chi connectivity index (χ2v) is 6.31. The Bertz CT molecular complexity index is 461. The number of likely N-dealkylation sites (N-methyl/N-ethyl adjacent to an activating group) is 1. The van der Waals surface area contributed by atoms with E-state index in [4.69, 9.17) is 5.73 Å². The first kappa shape index (κ1) is 19.9. The number of likely N-dealkylation sites (tertiary alicyclic amines) is 1. The lowest BCUT2D eigenvalue weighted by Crippen LogP contribution is -2.45. The summed E-state index contributed by atoms with van der Waals surface area (Å²) in [5, 5.41) is 3.07. The minimum atomic E-state index is 0. The number of carbonyl (C=O) groups is 1. The summed E-state index contributed by atoms with van der Waals surface area (Å²) in [6.45, 7) is 2.94. The van der Waals surface area contributed by atoms with E-state index in [0.29, 0.717) is 19.1 Å². The van der Waals surface area contributed by atoms with E-state index in [2.05, 4.69) is 27.2 Å². The van der Waals surface area contributed by atoms with E-state index in [0.717, 1.165) is 25.9 Å². The van der Waals surface area contributed by atoms with Gasteiger partial charge >= 0.3 is 0 Å². The van der Waals surface area contributed by atoms with Crippen molar-refractivity contribution in [3.8, 4) is 0 Å². The topological polar surface area (TPSA) is 61.6 Å². The third-order valence-corrected chi connectivity index (χ3v) is 4.30. The average molecular weight is 341 g/mol. The van der Waals surface area contributed by atoms with Crippen molar-refractivity contribution in [2.75, 3.05) is 40.3 Å². The van der Waals surface area contributed by atoms with Gasteiger partial charge in [0, 0.05) is 25.7 Å². The summed E-state index contributed by atoms with van der Waals surface area (Å²) in [5.74, 6) is 0.0956. The molecule has 0 bridgehead atoms. The molecule has 1 saturated heterocycles. The molecule has 1 aliphatic heterocycles. The van der Waals surface area contributed by atoms with Crippen LogP contribution in [0.2, 0.25) is 0 Å². The maximum atomic E-state index is 12.1. The fraction of sp³-hybridized carbons (Fsp3) is 0.588. The number of halogens is 1. The van der Waals surface area contributed by atoms with Gasteiger partial charge in [-0.05, 0) is 32.5 Å². The first-order valence-electron chi connectivity index (χ1n) is 8.02. The Hall–Kier alpha value is -1.14. The van der Waals surface area contributed by atoms with Crippen LogP contribution < -0.4 is 11.1 Å². The molecule has 1 aromatic carbocycles. The third kappa shape index (κ3) is 6.47. The lowest BCUT2D eigenvalue weighted by atomic mass is 10.1. The van der Waals surface area contributed by atoms with Gasteiger partial charge in [-0.25, -0.2) is 0 Å². The summed E-state index contributed by atoms with van der Waals surface area (Å²) in [4.78, 5) is 16.5. The van der Waals surface area contributed by atoms with Gasteiger partial charge in [-0.3, -0.25) is 9.69 Å². The van der Waals surface area contributed by atoms with E-state index in [-0.39, 0.29) is 24.4 Å². The molecule has 1 amide bonds. The van der Waals surface area contributed by atoms with Gasteiger partial charge in [0.05, 0.1) is 12.6 Å². The van der Waals surface area contributed by atoms with Crippen molar-refractivity contribution in [1.29, 1.82) is 0 Å². The molecule has 1 atom stereocenters. The van der Waals surface area contributed by atoms with Gasteiger partial charge in [-0.1, -0.05) is 30.3 Å². The molecular formula is C17H29ClN4O. The number of benzene rings is 1. The lowest BCUT2D eigenvalue weighted by molar-refractivity contribution is -0.122. The fourth-order valence-corrected chi connectivity index (χ4v) is 2.85. The minimum absolute atomic E-state index is 0. The largest absolute Gasteiger partial charge is 0.353 e. The van der Waals surface area contributed by atoms with Gasteiger partial charge < -0.3 is 16.0 Å². The highest BCUT2D eigenvalue weighted by atomic mass is 35.5. The van der Waals surface area contributed by atoms with E-state index < -0.39 is 0 Å². The Morgan fingerprint density at radius 3 is 2.48 bits per heavy atom. The number of nitrogens with zero attached hydrogens (tertiary/aromatic N) is 2. The number of carbonyl (C=O) groups excluding carboxylic acids is 1. The molecule has 1 fully saturated rings. The summed E-state index contributed by atoms with van der Waals surface area (Å²) < 4.78 is 0. The average Bonchev–Trinajstić information content (AvgIpc) is 2.50. The van der Waals surface area contributed by atoms with Crippen LogP contribution in [-0.4, -0.2) is 62.0 Å². The molecule has 1 aliphatic rings. The van der Waals surface area contributed by atoms with Crippen LogP contribution in [0.5, 0.6) is 0 Å². The number of hydrogen-bond acceptors (Lipinski definition) is 4. The van der Waals surface area contributed by atoms with Crippen LogP contribution in [-0.2, 0) is 4.79 Å². The SMILES string of the molecule is CN(C)C(CNC(=O)CN1CCC(N)CC1)c1ccccc1.Cl. The smallest absolute Gasteiger partial charge is 0.234 e. The minimum Gasteiger partial charge on any atom is -0.353 e. The fourth-order valence-electron chi connectivity index (χ4n) is 2.85. The maximum absolute atomic E-state index is 12.1. The van der Waals surface area contributed by atoms with Crippen molar-refractivity contribution in [3.05, 3.63) is 35.9 Å². The van der Waals surface area contributed by atoms with Crippen LogP contribution in [0.4, 0.5) is 0 Å². The molecule has 23 heavy (non-hydrogen) atoms. The molecule has 1 unspecified atom stereocenters. The van der Waals surface area contributed by atoms with Gasteiger partial charge in [-0.2, -0.15) is 0 Å². The Morgan fingerprint density at radius 2 is 1.91 bits per heavy atom. The van der Waals surface area contributed by atoms with E-state index >= 15 is 0 Å². The van der Waals surface area contributed by atoms with Gasteiger partial charge in [-0.15, -0.1) is 12.4 Å². The van der Waals surface area contributed by atoms with Gasteiger partial charge in [0.1, 0.15) is 0 Å². The normalized spacial score (nSPS) is 17.6. The molecule has 0 spiro atoms. The van der Waals surface area contributed by atoms with Crippen molar-refractivity contribution in [2.24, 2.45) is 5.73 Å². The lowest BCUT2D eigenvalue weighted by Gasteiger charge is -2.30. The number of nitrogens with two attached hydrogens (primary N) is 1. The molecule has 6 heteroatoms. The Kier molecular flexibility index (Phi) is 8.55. The quantitative estimate of drug-likeness (QED) is 0.818. The highest BCUT2D eigenvalue weighted by molar-refractivity contribution is 5.85. The summed E-state index contributed by atoms with van der Waals surface area (Å²) >= 11 is 0. The van der Waals surface area contributed by atoms with Crippen LogP contribution in [0, 0.1) is 0 Å². The van der Waals surface area contributed by atoms with Crippen LogP contribution in [0.1, 0.15) is 24.4 Å². The second-order valence-electron chi connectivity index (χ2n) is 6.31. The maximum Gasteiger partial charge on any atom is 0.234 e. The molecule has 0 radical (unpaired) electrons. The van der Waals surface area contributed by atoms with Crippen molar-refractivity contribution in [1.82, 2.24) is 15.1 Å². The summed E-state index contributed by atoms with van der Waals surface area (Å²) in [7, 11) is 4.08. The number of piperidine rings is 1. The first-order valence-corrected chi connectivity index (χ1v) is 8.02. The van der Waals surface area contributed by atoms with E-state index in [1.54, 1.807) is 0 Å². The zero-order chi connectivity index (χ0) is 15.9. The molecule has 2 rings (SSSR count). The van der Waals surface area contributed by atoms with Crippen LogP contribution in [0.25, 0.3) is 0 Å². The molecule has 0 saturated carbocycles. The Balaban J connectivity index is 0.00000264. The van der Waals surface area contributed by atoms with Crippen LogP contribution in [0.3, 0.4) is 0 Å². The first-order chi connectivity index (χ1) is 10.6. The van der Waals surface area contributed by atoms with Crippen molar-refractivity contribution in [2.45, 2.75) is 24.9 Å². The number of nitrogens with one attached hydrogen (secondary N) is 1. The van der Waals surface area contributed by atoms with Crippen LogP contribution in [0.15, 0.2) is 30.3 Å². The Morgan fingerprint density at radius 1 is 1.30 bits per heavy atom. The summed E-state index contributed by atoms with van der Waals surface area (Å²) in [6.07, 6.45) is 1.97. The molecule has 1 aromatic rings.